The van der Waals surface area contributed by atoms with Gasteiger partial charge in [-0.15, -0.1) is 0 Å². The molecule has 0 aromatic carbocycles. The van der Waals surface area contributed by atoms with Gasteiger partial charge in [0.25, 0.3) is 0 Å². The van der Waals surface area contributed by atoms with Crippen molar-refractivity contribution < 1.29 is 0 Å². The van der Waals surface area contributed by atoms with E-state index in [2.05, 4.69) is 36.1 Å². The van der Waals surface area contributed by atoms with Crippen molar-refractivity contribution in [2.75, 3.05) is 19.6 Å². The van der Waals surface area contributed by atoms with Crippen LogP contribution in [0.5, 0.6) is 0 Å². The van der Waals surface area contributed by atoms with Gasteiger partial charge >= 0.3 is 0 Å². The van der Waals surface area contributed by atoms with Gasteiger partial charge in [0.2, 0.25) is 0 Å². The van der Waals surface area contributed by atoms with Gasteiger partial charge in [0.1, 0.15) is 0 Å². The topological polar surface area (TPSA) is 54.2 Å². The molecule has 4 nitrogen and oxygen atoms in total. The molecule has 1 heterocycles. The molecule has 0 saturated carbocycles. The van der Waals surface area contributed by atoms with E-state index in [4.69, 9.17) is 5.84 Å². The van der Waals surface area contributed by atoms with Crippen molar-refractivity contribution in [3.05, 3.63) is 29.6 Å². The molecule has 0 spiro atoms. The van der Waals surface area contributed by atoms with Crippen LogP contribution >= 0.6 is 0 Å². The quantitative estimate of drug-likeness (QED) is 0.558. The van der Waals surface area contributed by atoms with Crippen LogP contribution < -0.4 is 11.3 Å². The summed E-state index contributed by atoms with van der Waals surface area (Å²) in [5.41, 5.74) is 5.33. The number of aryl methyl sites for hydroxylation is 1. The summed E-state index contributed by atoms with van der Waals surface area (Å²) in [6, 6.07) is 2.21. The lowest BCUT2D eigenvalue weighted by Crippen LogP contribution is -2.33. The van der Waals surface area contributed by atoms with Gasteiger partial charge in [0.05, 0.1) is 0 Å². The largest absolute Gasteiger partial charge is 0.304 e. The monoisotopic (exact) mass is 236 g/mol. The van der Waals surface area contributed by atoms with E-state index in [-0.39, 0.29) is 6.04 Å². The third kappa shape index (κ3) is 4.07. The highest BCUT2D eigenvalue weighted by Crippen LogP contribution is 2.18. The predicted molar refractivity (Wildman–Crippen MR) is 71.4 cm³/mol. The van der Waals surface area contributed by atoms with E-state index in [1.54, 1.807) is 0 Å². The standard InChI is InChI=1S/C13H24N4/c1-4-17(5-2)9-7-13(16-14)12-10-15-8-6-11(12)3/h6,8,10,13,16H,4-5,7,9,14H2,1-3H3. The summed E-state index contributed by atoms with van der Waals surface area (Å²) in [6.45, 7) is 9.68. The Balaban J connectivity index is 2.63. The highest BCUT2D eigenvalue weighted by atomic mass is 15.2. The molecule has 3 N–H and O–H groups in total. The fraction of sp³-hybridized carbons (Fsp3) is 0.615. The lowest BCUT2D eigenvalue weighted by Gasteiger charge is -2.23. The summed E-state index contributed by atoms with van der Waals surface area (Å²) >= 11 is 0. The van der Waals surface area contributed by atoms with Crippen molar-refractivity contribution in [2.24, 2.45) is 5.84 Å². The van der Waals surface area contributed by atoms with Crippen molar-refractivity contribution in [3.63, 3.8) is 0 Å². The molecule has 0 amide bonds. The molecular formula is C13H24N4. The molecule has 4 heteroatoms. The summed E-state index contributed by atoms with van der Waals surface area (Å²) in [7, 11) is 0. The van der Waals surface area contributed by atoms with Crippen molar-refractivity contribution in [3.8, 4) is 0 Å². The fourth-order valence-corrected chi connectivity index (χ4v) is 2.02. The third-order valence-electron chi connectivity index (χ3n) is 3.28. The number of nitrogens with zero attached hydrogens (tertiary/aromatic N) is 2. The zero-order chi connectivity index (χ0) is 12.7. The second-order valence-electron chi connectivity index (χ2n) is 4.27. The predicted octanol–water partition coefficient (Wildman–Crippen LogP) is 1.63. The molecule has 0 saturated heterocycles. The smallest absolute Gasteiger partial charge is 0.0490 e. The Morgan fingerprint density at radius 2 is 2.12 bits per heavy atom. The molecule has 1 aromatic heterocycles. The van der Waals surface area contributed by atoms with Gasteiger partial charge in [-0.2, -0.15) is 0 Å². The van der Waals surface area contributed by atoms with Crippen LogP contribution in [-0.4, -0.2) is 29.5 Å². The number of hydrazine groups is 1. The average Bonchev–Trinajstić information content (AvgIpc) is 2.36. The number of nitrogens with two attached hydrogens (primary N) is 1. The molecule has 1 unspecified atom stereocenters. The van der Waals surface area contributed by atoms with Gasteiger partial charge in [0.15, 0.2) is 0 Å². The number of rotatable bonds is 7. The molecule has 1 atom stereocenters. The Hall–Kier alpha value is -0.970. The number of aromatic nitrogens is 1. The highest BCUT2D eigenvalue weighted by Gasteiger charge is 2.13. The normalized spacial score (nSPS) is 13.0. The van der Waals surface area contributed by atoms with Crippen LogP contribution in [0.3, 0.4) is 0 Å². The van der Waals surface area contributed by atoms with E-state index >= 15 is 0 Å². The molecular weight excluding hydrogens is 212 g/mol. The third-order valence-corrected chi connectivity index (χ3v) is 3.28. The first-order valence-corrected chi connectivity index (χ1v) is 6.31. The summed E-state index contributed by atoms with van der Waals surface area (Å²) in [6.07, 6.45) is 4.73. The van der Waals surface area contributed by atoms with Crippen LogP contribution in [0, 0.1) is 6.92 Å². The summed E-state index contributed by atoms with van der Waals surface area (Å²) in [5, 5.41) is 0. The van der Waals surface area contributed by atoms with Gasteiger partial charge in [-0.1, -0.05) is 13.8 Å². The zero-order valence-electron chi connectivity index (χ0n) is 11.1. The minimum Gasteiger partial charge on any atom is -0.304 e. The first kappa shape index (κ1) is 14.1. The Kier molecular flexibility index (Phi) is 6.11. The first-order valence-electron chi connectivity index (χ1n) is 6.31. The van der Waals surface area contributed by atoms with Gasteiger partial charge in [0, 0.05) is 18.4 Å². The molecule has 0 bridgehead atoms. The Morgan fingerprint density at radius 3 is 2.65 bits per heavy atom. The zero-order valence-corrected chi connectivity index (χ0v) is 11.1. The van der Waals surface area contributed by atoms with Gasteiger partial charge < -0.3 is 4.90 Å². The maximum atomic E-state index is 5.65. The van der Waals surface area contributed by atoms with E-state index in [0.29, 0.717) is 0 Å². The van der Waals surface area contributed by atoms with E-state index in [1.807, 2.05) is 18.5 Å². The summed E-state index contributed by atoms with van der Waals surface area (Å²) < 4.78 is 0. The molecule has 17 heavy (non-hydrogen) atoms. The van der Waals surface area contributed by atoms with E-state index in [0.717, 1.165) is 26.1 Å². The highest BCUT2D eigenvalue weighted by molar-refractivity contribution is 5.24. The van der Waals surface area contributed by atoms with Gasteiger partial charge in [-0.3, -0.25) is 16.3 Å². The minimum absolute atomic E-state index is 0.185. The van der Waals surface area contributed by atoms with E-state index in [9.17, 15) is 0 Å². The average molecular weight is 236 g/mol. The molecule has 0 radical (unpaired) electrons. The molecule has 0 aliphatic rings. The first-order chi connectivity index (χ1) is 8.22. The van der Waals surface area contributed by atoms with Crippen LogP contribution in [0.2, 0.25) is 0 Å². The van der Waals surface area contributed by atoms with E-state index in [1.165, 1.54) is 11.1 Å². The summed E-state index contributed by atoms with van der Waals surface area (Å²) in [5.74, 6) is 5.65. The lowest BCUT2D eigenvalue weighted by atomic mass is 10.0. The van der Waals surface area contributed by atoms with Crippen molar-refractivity contribution in [1.29, 1.82) is 0 Å². The number of nitrogens with one attached hydrogen (secondary N) is 1. The number of pyridine rings is 1. The number of hydrogen-bond acceptors (Lipinski definition) is 4. The molecule has 0 aliphatic heterocycles. The molecule has 0 aliphatic carbocycles. The van der Waals surface area contributed by atoms with E-state index < -0.39 is 0 Å². The van der Waals surface area contributed by atoms with Crippen LogP contribution in [-0.2, 0) is 0 Å². The van der Waals surface area contributed by atoms with Crippen LogP contribution in [0.15, 0.2) is 18.5 Å². The maximum Gasteiger partial charge on any atom is 0.0490 e. The van der Waals surface area contributed by atoms with Gasteiger partial charge in [-0.05, 0) is 50.2 Å². The van der Waals surface area contributed by atoms with Crippen LogP contribution in [0.1, 0.15) is 37.4 Å². The van der Waals surface area contributed by atoms with Crippen molar-refractivity contribution >= 4 is 0 Å². The lowest BCUT2D eigenvalue weighted by molar-refractivity contribution is 0.282. The maximum absolute atomic E-state index is 5.65. The second-order valence-corrected chi connectivity index (χ2v) is 4.27. The van der Waals surface area contributed by atoms with Crippen LogP contribution in [0.4, 0.5) is 0 Å². The minimum atomic E-state index is 0.185. The fourth-order valence-electron chi connectivity index (χ4n) is 2.02. The molecule has 1 aromatic rings. The second kappa shape index (κ2) is 7.37. The Bertz CT molecular complexity index is 323. The Morgan fingerprint density at radius 1 is 1.41 bits per heavy atom. The van der Waals surface area contributed by atoms with Crippen molar-refractivity contribution in [1.82, 2.24) is 15.3 Å². The van der Waals surface area contributed by atoms with Crippen molar-refractivity contribution in [2.45, 2.75) is 33.2 Å². The van der Waals surface area contributed by atoms with Gasteiger partial charge in [-0.25, -0.2) is 0 Å². The Labute approximate surface area is 104 Å². The number of hydrogen-bond donors (Lipinski definition) is 2. The summed E-state index contributed by atoms with van der Waals surface area (Å²) in [4.78, 5) is 6.57. The molecule has 1 rings (SSSR count). The molecule has 96 valence electrons. The van der Waals surface area contributed by atoms with Crippen LogP contribution in [0.25, 0.3) is 0 Å². The SMILES string of the molecule is CCN(CC)CCC(NN)c1cnccc1C. The molecule has 0 fully saturated rings.